The maximum absolute atomic E-state index is 11.7. The van der Waals surface area contributed by atoms with Crippen molar-refractivity contribution in [2.24, 2.45) is 0 Å². The zero-order valence-corrected chi connectivity index (χ0v) is 9.91. The zero-order valence-electron chi connectivity index (χ0n) is 9.91. The molecule has 2 rings (SSSR count). The molecule has 0 saturated carbocycles. The van der Waals surface area contributed by atoms with E-state index in [9.17, 15) is 14.7 Å². The van der Waals surface area contributed by atoms with Crippen LogP contribution in [0.4, 0.5) is 4.79 Å². The number of ether oxygens (including phenoxy) is 2. The molecule has 102 valence electrons. The number of nitrogens with one attached hydrogen (secondary N) is 1. The lowest BCUT2D eigenvalue weighted by molar-refractivity contribution is -0.126. The molecule has 0 aromatic heterocycles. The van der Waals surface area contributed by atoms with Crippen LogP contribution in [0.5, 0.6) is 0 Å². The Morgan fingerprint density at radius 1 is 1.56 bits per heavy atom. The van der Waals surface area contributed by atoms with Crippen molar-refractivity contribution in [2.45, 2.75) is 31.0 Å². The number of urea groups is 1. The molecule has 0 radical (unpaired) electrons. The third-order valence-corrected chi connectivity index (χ3v) is 3.16. The molecule has 0 unspecified atom stereocenters. The van der Waals surface area contributed by atoms with E-state index in [1.807, 2.05) is 0 Å². The van der Waals surface area contributed by atoms with Crippen LogP contribution in [0.15, 0.2) is 0 Å². The number of hydrogen-bond acceptors (Lipinski definition) is 6. The minimum atomic E-state index is -1.02. The van der Waals surface area contributed by atoms with E-state index in [0.29, 0.717) is 0 Å². The number of amides is 3. The summed E-state index contributed by atoms with van der Waals surface area (Å²) in [6.07, 6.45) is -3.21. The Labute approximate surface area is 103 Å². The Bertz CT molecular complexity index is 349. The number of methoxy groups -OCH3 is 1. The van der Waals surface area contributed by atoms with E-state index in [4.69, 9.17) is 14.6 Å². The van der Waals surface area contributed by atoms with Gasteiger partial charge in [-0.2, -0.15) is 0 Å². The van der Waals surface area contributed by atoms with E-state index in [1.54, 1.807) is 0 Å². The average Bonchev–Trinajstić information content (AvgIpc) is 2.65. The standard InChI is InChI=1S/C10H16N2O6/c1-17-8-7(15)5(4-13)18-9(8)12-3-2-6(14)11-10(12)16/h5,7-9,13,15H,2-4H2,1H3,(H,11,14,16)/t5-,7-,8-,9-/m1/s1. The highest BCUT2D eigenvalue weighted by Crippen LogP contribution is 2.27. The van der Waals surface area contributed by atoms with Crippen molar-refractivity contribution in [3.8, 4) is 0 Å². The van der Waals surface area contributed by atoms with Gasteiger partial charge in [0.1, 0.15) is 18.3 Å². The molecule has 18 heavy (non-hydrogen) atoms. The molecule has 2 heterocycles. The normalized spacial score (nSPS) is 36.9. The summed E-state index contributed by atoms with van der Waals surface area (Å²) in [6, 6.07) is -0.580. The number of aliphatic hydroxyl groups is 2. The number of rotatable bonds is 3. The molecule has 0 aliphatic carbocycles. The van der Waals surface area contributed by atoms with Gasteiger partial charge in [0, 0.05) is 20.1 Å². The lowest BCUT2D eigenvalue weighted by atomic mass is 10.1. The third kappa shape index (κ3) is 2.19. The van der Waals surface area contributed by atoms with Crippen molar-refractivity contribution in [2.75, 3.05) is 20.3 Å². The molecule has 3 N–H and O–H groups in total. The largest absolute Gasteiger partial charge is 0.394 e. The first-order valence-corrected chi connectivity index (χ1v) is 5.66. The van der Waals surface area contributed by atoms with E-state index < -0.39 is 30.6 Å². The molecule has 2 fully saturated rings. The summed E-state index contributed by atoms with van der Waals surface area (Å²) in [5, 5.41) is 21.1. The quantitative estimate of drug-likeness (QED) is 0.543. The summed E-state index contributed by atoms with van der Waals surface area (Å²) < 4.78 is 10.5. The summed E-state index contributed by atoms with van der Waals surface area (Å²) in [7, 11) is 1.39. The second-order valence-corrected chi connectivity index (χ2v) is 4.24. The van der Waals surface area contributed by atoms with Crippen LogP contribution in [0.1, 0.15) is 6.42 Å². The minimum Gasteiger partial charge on any atom is -0.394 e. The monoisotopic (exact) mass is 260 g/mol. The van der Waals surface area contributed by atoms with Gasteiger partial charge in [0.2, 0.25) is 5.91 Å². The molecule has 2 saturated heterocycles. The molecule has 2 aliphatic rings. The predicted molar refractivity (Wildman–Crippen MR) is 57.4 cm³/mol. The van der Waals surface area contributed by atoms with Gasteiger partial charge in [-0.05, 0) is 0 Å². The van der Waals surface area contributed by atoms with Gasteiger partial charge in [0.25, 0.3) is 0 Å². The third-order valence-electron chi connectivity index (χ3n) is 3.16. The summed E-state index contributed by atoms with van der Waals surface area (Å²) in [6.45, 7) is -0.175. The number of carbonyl (C=O) groups excluding carboxylic acids is 2. The Kier molecular flexibility index (Phi) is 3.81. The fourth-order valence-electron chi connectivity index (χ4n) is 2.19. The lowest BCUT2D eigenvalue weighted by Crippen LogP contribution is -2.56. The van der Waals surface area contributed by atoms with Crippen LogP contribution in [0.25, 0.3) is 0 Å². The number of carbonyl (C=O) groups is 2. The van der Waals surface area contributed by atoms with Crippen LogP contribution < -0.4 is 5.32 Å². The van der Waals surface area contributed by atoms with Crippen molar-refractivity contribution >= 4 is 11.9 Å². The number of nitrogens with zero attached hydrogens (tertiary/aromatic N) is 1. The van der Waals surface area contributed by atoms with Crippen LogP contribution in [0.2, 0.25) is 0 Å². The second-order valence-electron chi connectivity index (χ2n) is 4.24. The molecular formula is C10H16N2O6. The number of hydrogen-bond donors (Lipinski definition) is 3. The topological polar surface area (TPSA) is 108 Å². The summed E-state index contributed by atoms with van der Waals surface area (Å²) >= 11 is 0. The molecule has 0 aromatic carbocycles. The smallest absolute Gasteiger partial charge is 0.326 e. The predicted octanol–water partition coefficient (Wildman–Crippen LogP) is -1.98. The maximum atomic E-state index is 11.7. The van der Waals surface area contributed by atoms with E-state index in [2.05, 4.69) is 5.32 Å². The molecule has 0 spiro atoms. The average molecular weight is 260 g/mol. The Morgan fingerprint density at radius 2 is 2.28 bits per heavy atom. The molecule has 2 aliphatic heterocycles. The highest BCUT2D eigenvalue weighted by molar-refractivity contribution is 5.96. The Morgan fingerprint density at radius 3 is 2.83 bits per heavy atom. The van der Waals surface area contributed by atoms with Gasteiger partial charge in [0.15, 0.2) is 6.23 Å². The highest BCUT2D eigenvalue weighted by atomic mass is 16.6. The van der Waals surface area contributed by atoms with Gasteiger partial charge in [-0.3, -0.25) is 15.0 Å². The summed E-state index contributed by atoms with van der Waals surface area (Å²) in [5.41, 5.74) is 0. The highest BCUT2D eigenvalue weighted by Gasteiger charge is 2.48. The van der Waals surface area contributed by atoms with Crippen molar-refractivity contribution in [3.05, 3.63) is 0 Å². The van der Waals surface area contributed by atoms with E-state index in [-0.39, 0.29) is 25.5 Å². The Hall–Kier alpha value is -1.22. The summed E-state index contributed by atoms with van der Waals surface area (Å²) in [4.78, 5) is 24.0. The van der Waals surface area contributed by atoms with Gasteiger partial charge in [-0.25, -0.2) is 4.79 Å². The Balaban J connectivity index is 2.12. The molecule has 3 amide bonds. The number of aliphatic hydroxyl groups excluding tert-OH is 2. The van der Waals surface area contributed by atoms with Gasteiger partial charge < -0.3 is 19.7 Å². The van der Waals surface area contributed by atoms with Gasteiger partial charge in [-0.1, -0.05) is 0 Å². The van der Waals surface area contributed by atoms with Crippen LogP contribution >= 0.6 is 0 Å². The first-order valence-electron chi connectivity index (χ1n) is 5.66. The van der Waals surface area contributed by atoms with Crippen LogP contribution in [-0.2, 0) is 14.3 Å². The molecule has 0 aromatic rings. The molecule has 8 heteroatoms. The first-order chi connectivity index (χ1) is 8.58. The van der Waals surface area contributed by atoms with Gasteiger partial charge in [-0.15, -0.1) is 0 Å². The zero-order chi connectivity index (χ0) is 13.3. The van der Waals surface area contributed by atoms with Gasteiger partial charge in [0.05, 0.1) is 6.61 Å². The molecule has 8 nitrogen and oxygen atoms in total. The first kappa shape index (κ1) is 13.2. The second kappa shape index (κ2) is 5.19. The van der Waals surface area contributed by atoms with Crippen LogP contribution in [-0.4, -0.2) is 71.9 Å². The minimum absolute atomic E-state index is 0.169. The summed E-state index contributed by atoms with van der Waals surface area (Å²) in [5.74, 6) is -0.345. The van der Waals surface area contributed by atoms with Crippen molar-refractivity contribution < 1.29 is 29.3 Å². The fourth-order valence-corrected chi connectivity index (χ4v) is 2.19. The van der Waals surface area contributed by atoms with E-state index >= 15 is 0 Å². The molecular weight excluding hydrogens is 244 g/mol. The van der Waals surface area contributed by atoms with Crippen LogP contribution in [0, 0.1) is 0 Å². The SMILES string of the molecule is CO[C@@H]1[C@H](O)[C@@H](CO)O[C@H]1N1CCC(=O)NC1=O. The molecule has 4 atom stereocenters. The van der Waals surface area contributed by atoms with Crippen molar-refractivity contribution in [1.29, 1.82) is 0 Å². The van der Waals surface area contributed by atoms with Crippen LogP contribution in [0.3, 0.4) is 0 Å². The van der Waals surface area contributed by atoms with Crippen molar-refractivity contribution in [1.82, 2.24) is 10.2 Å². The van der Waals surface area contributed by atoms with Crippen molar-refractivity contribution in [3.63, 3.8) is 0 Å². The number of imide groups is 1. The molecule has 0 bridgehead atoms. The lowest BCUT2D eigenvalue weighted by Gasteiger charge is -2.33. The van der Waals surface area contributed by atoms with E-state index in [1.165, 1.54) is 12.0 Å². The maximum Gasteiger partial charge on any atom is 0.326 e. The fraction of sp³-hybridized carbons (Fsp3) is 0.800. The van der Waals surface area contributed by atoms with Gasteiger partial charge >= 0.3 is 6.03 Å². The van der Waals surface area contributed by atoms with E-state index in [0.717, 1.165) is 0 Å².